The van der Waals surface area contributed by atoms with E-state index >= 15 is 0 Å². The highest BCUT2D eigenvalue weighted by molar-refractivity contribution is 14.0. The van der Waals surface area contributed by atoms with Gasteiger partial charge < -0.3 is 29.6 Å². The first-order valence-electron chi connectivity index (χ1n) is 9.08. The fourth-order valence-electron chi connectivity index (χ4n) is 2.84. The van der Waals surface area contributed by atoms with E-state index in [9.17, 15) is 0 Å². The van der Waals surface area contributed by atoms with Crippen LogP contribution in [-0.4, -0.2) is 60.2 Å². The summed E-state index contributed by atoms with van der Waals surface area (Å²) in [6.45, 7) is 4.64. The molecular formula is C19H32IN3O4. The SMILES string of the molecule is CN=C(NCCCOCC1CCOC1)NCc1cccc(OC)c1OC.I. The lowest BCUT2D eigenvalue weighted by atomic mass is 10.1. The Morgan fingerprint density at radius 3 is 2.78 bits per heavy atom. The van der Waals surface area contributed by atoms with Gasteiger partial charge in [-0.3, -0.25) is 4.99 Å². The molecule has 154 valence electrons. The molecule has 2 N–H and O–H groups in total. The van der Waals surface area contributed by atoms with Crippen molar-refractivity contribution in [3.63, 3.8) is 0 Å². The van der Waals surface area contributed by atoms with E-state index in [1.165, 1.54) is 0 Å². The number of para-hydroxylation sites is 1. The molecule has 1 saturated heterocycles. The van der Waals surface area contributed by atoms with Gasteiger partial charge in [-0.15, -0.1) is 24.0 Å². The normalized spacial score (nSPS) is 16.6. The second-order valence-electron chi connectivity index (χ2n) is 6.16. The third-order valence-electron chi connectivity index (χ3n) is 4.29. The predicted octanol–water partition coefficient (Wildman–Crippen LogP) is 2.43. The van der Waals surface area contributed by atoms with Crippen LogP contribution in [0.1, 0.15) is 18.4 Å². The molecule has 1 aromatic rings. The van der Waals surface area contributed by atoms with Crippen LogP contribution in [-0.2, 0) is 16.0 Å². The van der Waals surface area contributed by atoms with Crippen molar-refractivity contribution in [3.8, 4) is 11.5 Å². The van der Waals surface area contributed by atoms with Gasteiger partial charge in [0.15, 0.2) is 17.5 Å². The van der Waals surface area contributed by atoms with Gasteiger partial charge in [0.1, 0.15) is 0 Å². The quantitative estimate of drug-likeness (QED) is 0.226. The minimum atomic E-state index is 0. The topological polar surface area (TPSA) is 73.3 Å². The molecule has 0 saturated carbocycles. The summed E-state index contributed by atoms with van der Waals surface area (Å²) in [7, 11) is 5.04. The maximum absolute atomic E-state index is 5.71. The monoisotopic (exact) mass is 493 g/mol. The number of hydrogen-bond donors (Lipinski definition) is 2. The molecule has 0 spiro atoms. The van der Waals surface area contributed by atoms with Crippen LogP contribution in [0.4, 0.5) is 0 Å². The molecule has 27 heavy (non-hydrogen) atoms. The first-order chi connectivity index (χ1) is 12.8. The van der Waals surface area contributed by atoms with Gasteiger partial charge in [0.25, 0.3) is 0 Å². The van der Waals surface area contributed by atoms with Gasteiger partial charge in [-0.05, 0) is 18.9 Å². The number of rotatable bonds is 10. The lowest BCUT2D eigenvalue weighted by Gasteiger charge is -2.15. The van der Waals surface area contributed by atoms with Crippen molar-refractivity contribution in [1.29, 1.82) is 0 Å². The molecular weight excluding hydrogens is 461 g/mol. The number of nitrogens with one attached hydrogen (secondary N) is 2. The van der Waals surface area contributed by atoms with E-state index in [1.54, 1.807) is 21.3 Å². The largest absolute Gasteiger partial charge is 0.493 e. The molecule has 2 rings (SSSR count). The maximum atomic E-state index is 5.71. The zero-order chi connectivity index (χ0) is 18.6. The Kier molecular flexibility index (Phi) is 12.2. The summed E-state index contributed by atoms with van der Waals surface area (Å²) in [5.41, 5.74) is 1.01. The van der Waals surface area contributed by atoms with Gasteiger partial charge >= 0.3 is 0 Å². The molecule has 0 aliphatic carbocycles. The van der Waals surface area contributed by atoms with E-state index in [0.717, 1.165) is 68.8 Å². The standard InChI is InChI=1S/C19H31N3O4.HI/c1-20-19(21-9-5-10-25-13-15-8-11-26-14-15)22-12-16-6-4-7-17(23-2)18(16)24-3;/h4,6-7,15H,5,8-14H2,1-3H3,(H2,20,21,22);1H. The minimum absolute atomic E-state index is 0. The van der Waals surface area contributed by atoms with Gasteiger partial charge in [0.2, 0.25) is 0 Å². The van der Waals surface area contributed by atoms with Gasteiger partial charge in [-0.2, -0.15) is 0 Å². The van der Waals surface area contributed by atoms with Crippen LogP contribution in [0.3, 0.4) is 0 Å². The molecule has 0 amide bonds. The van der Waals surface area contributed by atoms with Crippen LogP contribution < -0.4 is 20.1 Å². The smallest absolute Gasteiger partial charge is 0.191 e. The first-order valence-corrected chi connectivity index (χ1v) is 9.08. The summed E-state index contributed by atoms with van der Waals surface area (Å²) >= 11 is 0. The van der Waals surface area contributed by atoms with Crippen molar-refractivity contribution >= 4 is 29.9 Å². The first kappa shape index (κ1) is 23.8. The average Bonchev–Trinajstić information content (AvgIpc) is 3.19. The fraction of sp³-hybridized carbons (Fsp3) is 0.632. The Balaban J connectivity index is 0.00000364. The van der Waals surface area contributed by atoms with E-state index < -0.39 is 0 Å². The molecule has 1 fully saturated rings. The molecule has 1 aromatic carbocycles. The number of methoxy groups -OCH3 is 2. The van der Waals surface area contributed by atoms with Crippen LogP contribution in [0.25, 0.3) is 0 Å². The third-order valence-corrected chi connectivity index (χ3v) is 4.29. The number of benzene rings is 1. The van der Waals surface area contributed by atoms with E-state index in [-0.39, 0.29) is 24.0 Å². The van der Waals surface area contributed by atoms with E-state index in [2.05, 4.69) is 15.6 Å². The summed E-state index contributed by atoms with van der Waals surface area (Å²) in [4.78, 5) is 4.25. The zero-order valence-electron chi connectivity index (χ0n) is 16.5. The second-order valence-corrected chi connectivity index (χ2v) is 6.16. The van der Waals surface area contributed by atoms with Gasteiger partial charge in [0, 0.05) is 44.8 Å². The number of halogens is 1. The van der Waals surface area contributed by atoms with Crippen molar-refractivity contribution in [2.45, 2.75) is 19.4 Å². The van der Waals surface area contributed by atoms with Gasteiger partial charge in [0.05, 0.1) is 27.4 Å². The van der Waals surface area contributed by atoms with Crippen LogP contribution in [0.2, 0.25) is 0 Å². The summed E-state index contributed by atoms with van der Waals surface area (Å²) in [6.07, 6.45) is 2.04. The molecule has 7 nitrogen and oxygen atoms in total. The molecule has 0 bridgehead atoms. The maximum Gasteiger partial charge on any atom is 0.191 e. The average molecular weight is 493 g/mol. The van der Waals surface area contributed by atoms with Gasteiger partial charge in [-0.1, -0.05) is 12.1 Å². The molecule has 1 aliphatic heterocycles. The van der Waals surface area contributed by atoms with Gasteiger partial charge in [-0.25, -0.2) is 0 Å². The number of aliphatic imine (C=N–C) groups is 1. The molecule has 8 heteroatoms. The molecule has 1 unspecified atom stereocenters. The van der Waals surface area contributed by atoms with Crippen LogP contribution in [0, 0.1) is 5.92 Å². The number of hydrogen-bond acceptors (Lipinski definition) is 5. The molecule has 1 atom stereocenters. The van der Waals surface area contributed by atoms with Crippen LogP contribution in [0.5, 0.6) is 11.5 Å². The van der Waals surface area contributed by atoms with E-state index in [1.807, 2.05) is 18.2 Å². The lowest BCUT2D eigenvalue weighted by molar-refractivity contribution is 0.0888. The lowest BCUT2D eigenvalue weighted by Crippen LogP contribution is -2.37. The number of nitrogens with zero attached hydrogens (tertiary/aromatic N) is 1. The highest BCUT2D eigenvalue weighted by Crippen LogP contribution is 2.30. The Morgan fingerprint density at radius 1 is 1.26 bits per heavy atom. The van der Waals surface area contributed by atoms with Crippen molar-refractivity contribution in [2.75, 3.05) is 54.2 Å². The summed E-state index contributed by atoms with van der Waals surface area (Å²) in [5.74, 6) is 2.77. The Bertz CT molecular complexity index is 566. The van der Waals surface area contributed by atoms with Crippen molar-refractivity contribution < 1.29 is 18.9 Å². The summed E-state index contributed by atoms with van der Waals surface area (Å²) < 4.78 is 21.8. The van der Waals surface area contributed by atoms with E-state index in [0.29, 0.717) is 12.5 Å². The second kappa shape index (κ2) is 13.8. The molecule has 1 heterocycles. The minimum Gasteiger partial charge on any atom is -0.493 e. The van der Waals surface area contributed by atoms with Crippen LogP contribution >= 0.6 is 24.0 Å². The van der Waals surface area contributed by atoms with Crippen molar-refractivity contribution in [2.24, 2.45) is 10.9 Å². The Hall–Kier alpha value is -1.26. The molecule has 1 aliphatic rings. The summed E-state index contributed by atoms with van der Waals surface area (Å²) in [6, 6.07) is 5.83. The van der Waals surface area contributed by atoms with Crippen molar-refractivity contribution in [3.05, 3.63) is 23.8 Å². The Morgan fingerprint density at radius 2 is 2.11 bits per heavy atom. The third kappa shape index (κ3) is 8.10. The highest BCUT2D eigenvalue weighted by atomic mass is 127. The molecule has 0 aromatic heterocycles. The highest BCUT2D eigenvalue weighted by Gasteiger charge is 2.15. The molecule has 0 radical (unpaired) electrons. The summed E-state index contributed by atoms with van der Waals surface area (Å²) in [5, 5.41) is 6.59. The number of ether oxygens (including phenoxy) is 4. The Labute approximate surface area is 179 Å². The zero-order valence-corrected chi connectivity index (χ0v) is 18.8. The van der Waals surface area contributed by atoms with E-state index in [4.69, 9.17) is 18.9 Å². The van der Waals surface area contributed by atoms with Crippen molar-refractivity contribution in [1.82, 2.24) is 10.6 Å². The fourth-order valence-corrected chi connectivity index (χ4v) is 2.84. The predicted molar refractivity (Wildman–Crippen MR) is 118 cm³/mol. The van der Waals surface area contributed by atoms with Crippen LogP contribution in [0.15, 0.2) is 23.2 Å². The number of guanidine groups is 1.